The van der Waals surface area contributed by atoms with E-state index in [4.69, 9.17) is 28.4 Å². The van der Waals surface area contributed by atoms with E-state index in [0.29, 0.717) is 55.5 Å². The summed E-state index contributed by atoms with van der Waals surface area (Å²) >= 11 is 0. The van der Waals surface area contributed by atoms with Gasteiger partial charge in [-0.15, -0.1) is 65.9 Å². The lowest BCUT2D eigenvalue weighted by molar-refractivity contribution is -0.120. The van der Waals surface area contributed by atoms with E-state index in [1.54, 1.807) is 24.9 Å². The van der Waals surface area contributed by atoms with Gasteiger partial charge in [0.25, 0.3) is 28.1 Å². The Kier molecular flexibility index (Phi) is 35.4. The number of carbonyl (C=O) groups is 3. The summed E-state index contributed by atoms with van der Waals surface area (Å²) in [6, 6.07) is 0. The molecule has 118 heavy (non-hydrogen) atoms. The van der Waals surface area contributed by atoms with Crippen molar-refractivity contribution < 1.29 is 93.9 Å². The molecule has 0 aliphatic carbocycles. The number of aromatic amines is 4. The van der Waals surface area contributed by atoms with Crippen LogP contribution in [0.1, 0.15) is 101 Å². The molecule has 5 unspecified atom stereocenters. The highest BCUT2D eigenvalue weighted by Crippen LogP contribution is 2.44. The van der Waals surface area contributed by atoms with Gasteiger partial charge in [-0.2, -0.15) is 0 Å². The molecule has 1 amide bonds. The van der Waals surface area contributed by atoms with Crippen LogP contribution in [0.2, 0.25) is 0 Å². The summed E-state index contributed by atoms with van der Waals surface area (Å²) < 4.78 is 37.7. The molecule has 0 aromatic carbocycles. The number of rotatable bonds is 26. The van der Waals surface area contributed by atoms with Gasteiger partial charge in [-0.1, -0.05) is 13.5 Å². The van der Waals surface area contributed by atoms with Gasteiger partial charge in [-0.25, -0.2) is 19.2 Å². The Bertz CT molecular complexity index is 5030. The number of ether oxygens (including phenoxy) is 6. The Balaban J connectivity index is 0.000000229. The normalized spacial score (nSPS) is 28.4. The zero-order chi connectivity index (χ0) is 89.3. The average molecular weight is 1760 g/mol. The lowest BCUT2D eigenvalue weighted by atomic mass is 10.0. The van der Waals surface area contributed by atoms with Crippen LogP contribution in [-0.4, -0.2) is 345 Å². The maximum Gasteiger partial charge on any atom is 0.330 e. The summed E-state index contributed by atoms with van der Waals surface area (Å²) in [6.07, 6.45) is 14.8. The molecule has 4 aromatic rings. The molecule has 0 spiro atoms. The monoisotopic (exact) mass is 1760 g/mol. The number of H-pyrrole nitrogens is 4. The molecule has 15 N–H and O–H groups in total. The van der Waals surface area contributed by atoms with Gasteiger partial charge in [0.15, 0.2) is 30.7 Å². The zero-order valence-corrected chi connectivity index (χ0v) is 74.2. The number of aryl methyl sites for hydroxylation is 1. The topological polar surface area (TPSA) is 544 Å². The Morgan fingerprint density at radius 1 is 0.466 bits per heavy atom. The van der Waals surface area contributed by atoms with E-state index >= 15 is 0 Å². The van der Waals surface area contributed by atoms with Crippen LogP contribution in [0.15, 0.2) is 87.3 Å². The summed E-state index contributed by atoms with van der Waals surface area (Å²) in [6.45, 7) is 23.9. The predicted molar refractivity (Wildman–Crippen MR) is 464 cm³/mol. The fourth-order valence-electron chi connectivity index (χ4n) is 13.1. The second-order valence-electron chi connectivity index (χ2n) is 34.1. The minimum absolute atomic E-state index is 0.102. The third kappa shape index (κ3) is 27.8. The molecule has 4 aromatic heterocycles. The van der Waals surface area contributed by atoms with Crippen molar-refractivity contribution in [1.82, 2.24) is 48.4 Å². The lowest BCUT2D eigenvalue weighted by Crippen LogP contribution is -2.47. The van der Waals surface area contributed by atoms with Crippen LogP contribution in [0.5, 0.6) is 5.75 Å². The SMILES string of the molecule is C=C1NC(=O)C(C)=CN1C1O[C@H](CCP(=C)(C)C)[C@@H](O)[C@H]1O.C=P(C)(C)CC[C@H]1OC(c2c[nH]c(=O)n(C)c2=O)[C@H](O)[C@@H]1O.C=P(C)(C)CC[C@H]1OC(n2cc(CC(C)=O)c(=O)[nH]c2=O)[C@H](O)[C@@H]1O.C=P(C)(C)CC[C@H]1OC(n2cc(CC)c(=O)[nH]c2=O)[C@H](O)[C@@H]1O.C=P(C)(C)CC[C@H]1OC(n2cc(OCC(C)=O)c(=O)[nH]c2=O)[C@H](O)[C@@H]1O. The molecular formula is C76H123N10O27P5. The molecule has 0 bridgehead atoms. The number of nitrogens with one attached hydrogen (secondary N) is 5. The number of nitrogens with zero attached hydrogens (tertiary/aromatic N) is 5. The van der Waals surface area contributed by atoms with Gasteiger partial charge in [0, 0.05) is 55.0 Å². The van der Waals surface area contributed by atoms with Crippen LogP contribution in [0.4, 0.5) is 0 Å². The van der Waals surface area contributed by atoms with Crippen LogP contribution in [-0.2, 0) is 58.0 Å². The van der Waals surface area contributed by atoms with Crippen molar-refractivity contribution in [3.8, 4) is 5.75 Å². The molecule has 664 valence electrons. The Hall–Kier alpha value is -6.49. The molecule has 20 atom stereocenters. The third-order valence-corrected chi connectivity index (χ3v) is 27.3. The summed E-state index contributed by atoms with van der Waals surface area (Å²) in [5, 5.41) is 105. The highest BCUT2D eigenvalue weighted by atomic mass is 31.2. The first-order valence-electron chi connectivity index (χ1n) is 38.2. The van der Waals surface area contributed by atoms with Crippen molar-refractivity contribution in [3.05, 3.63) is 149 Å². The standard InChI is InChI=1S/C16H25N2O7P.C16H25N2O6P.C15H25N2O5P.C15H25N2O4P.C14H23N2O5P/c1-9(19)8-24-11-7-18(16(23)17-14(11)22)15-13(21)12(20)10(25-15)5-6-26(2,3)4;1-9(19)7-10-8-18(16(23)17-14(10)22)15-13(21)12(20)11(24-15)5-6-25(2,3)4;1-5-9-8-17(15(21)16-13(9)20)14-12(19)11(18)10(22-14)6-7-23(2,3)4;1-9-8-17(10(2)16-14(9)20)15-13(19)12(18)11(21-15)6-7-22(3,4)5;1-16-13(19)8(7-15-14(16)20)12-11(18)10(17)9(21-12)5-6-22(2,3)4/h7,10,12-13,15,20-21H,2,5-6,8H2,1,3-4H3,(H,17,22,23);8,11-13,15,20-21H,2,5-7H2,1,3-4H3,(H,17,22,23);8,10-12,14,18-19H,2,5-7H2,1,3-4H3,(H,16,20,21);8,11-13,15,18-19H,2-3,6-7H2,1,4-5H3,(H,16,20);7,9-12,17-18H,2,5-6H2,1,3-4H3,(H,15,20)/t10-,12-,13-,15?;11-,12-,13-,15?;10-,11-,12-,14?;11-,12-,13-,15?;9-,10-,11-,12?/m11111/s1. The minimum Gasteiger partial charge on any atom is -0.479 e. The van der Waals surface area contributed by atoms with Crippen LogP contribution >= 0.6 is 34.4 Å². The fourth-order valence-corrected chi connectivity index (χ4v) is 17.9. The second kappa shape index (κ2) is 41.6. The summed E-state index contributed by atoms with van der Waals surface area (Å²) in [7, 11) is 1.34. The number of carbonyl (C=O) groups excluding carboxylic acids is 3. The van der Waals surface area contributed by atoms with Crippen molar-refractivity contribution in [3.63, 3.8) is 0 Å². The molecule has 5 saturated heterocycles. The highest BCUT2D eigenvalue weighted by molar-refractivity contribution is 7.73. The fraction of sp³-hybridized carbons (Fsp3) is 0.632. The summed E-state index contributed by atoms with van der Waals surface area (Å²) in [5.41, 5.74) is -4.04. The van der Waals surface area contributed by atoms with Crippen molar-refractivity contribution in [1.29, 1.82) is 0 Å². The van der Waals surface area contributed by atoms with Gasteiger partial charge in [-0.05, 0) is 157 Å². The van der Waals surface area contributed by atoms with Crippen LogP contribution in [0.25, 0.3) is 0 Å². The van der Waals surface area contributed by atoms with Gasteiger partial charge in [0.2, 0.25) is 5.75 Å². The van der Waals surface area contributed by atoms with E-state index in [2.05, 4.69) is 117 Å². The van der Waals surface area contributed by atoms with Gasteiger partial charge in [0.05, 0.1) is 42.3 Å². The van der Waals surface area contributed by atoms with Crippen molar-refractivity contribution in [2.75, 3.05) is 104 Å². The van der Waals surface area contributed by atoms with Gasteiger partial charge < -0.3 is 94.7 Å². The average Bonchev–Trinajstić information content (AvgIpc) is 1.64. The first kappa shape index (κ1) is 100. The smallest absolute Gasteiger partial charge is 0.330 e. The van der Waals surface area contributed by atoms with Crippen LogP contribution in [0.3, 0.4) is 0 Å². The largest absolute Gasteiger partial charge is 0.479 e. The molecule has 37 nitrogen and oxygen atoms in total. The molecule has 6 aliphatic heterocycles. The van der Waals surface area contributed by atoms with Crippen LogP contribution in [0, 0.1) is 0 Å². The number of Topliss-reactive ketones (excluding diaryl/α,β-unsaturated/α-hetero) is 2. The maximum atomic E-state index is 12.1. The number of hydrogen-bond acceptors (Lipinski definition) is 28. The number of aliphatic hydroxyl groups excluding tert-OH is 10. The molecule has 42 heteroatoms. The highest BCUT2D eigenvalue weighted by Gasteiger charge is 2.50. The van der Waals surface area contributed by atoms with E-state index in [9.17, 15) is 104 Å². The maximum absolute atomic E-state index is 12.1. The summed E-state index contributed by atoms with van der Waals surface area (Å²) in [4.78, 5) is 139. The number of aliphatic hydroxyl groups is 10. The van der Waals surface area contributed by atoms with Gasteiger partial charge >= 0.3 is 22.8 Å². The van der Waals surface area contributed by atoms with E-state index in [0.717, 1.165) is 55.3 Å². The lowest BCUT2D eigenvalue weighted by Gasteiger charge is -2.34. The predicted octanol–water partition coefficient (Wildman–Crippen LogP) is -1.90. The van der Waals surface area contributed by atoms with Crippen LogP contribution < -0.4 is 55.0 Å². The van der Waals surface area contributed by atoms with E-state index < -0.39 is 202 Å². The molecule has 6 aliphatic rings. The van der Waals surface area contributed by atoms with Gasteiger partial charge in [-0.3, -0.25) is 66.8 Å². The van der Waals surface area contributed by atoms with E-state index in [-0.39, 0.29) is 47.4 Å². The molecule has 10 rings (SSSR count). The first-order chi connectivity index (χ1) is 54.3. The quantitative estimate of drug-likeness (QED) is 0.0305. The van der Waals surface area contributed by atoms with E-state index in [1.165, 1.54) is 39.5 Å². The first-order valence-corrected chi connectivity index (χ1v) is 53.5. The second-order valence-corrected chi connectivity index (χ2v) is 55.7. The molecule has 0 radical (unpaired) electrons. The van der Waals surface area contributed by atoms with Crippen molar-refractivity contribution in [2.24, 2.45) is 7.05 Å². The summed E-state index contributed by atoms with van der Waals surface area (Å²) in [5.74, 6) is -0.678. The molecule has 10 heterocycles. The Morgan fingerprint density at radius 3 is 1.18 bits per heavy atom. The Morgan fingerprint density at radius 2 is 0.805 bits per heavy atom. The van der Waals surface area contributed by atoms with E-state index in [1.807, 2.05) is 13.3 Å². The minimum atomic E-state index is -1.35. The number of aromatic nitrogens is 8. The zero-order valence-electron chi connectivity index (χ0n) is 69.8. The van der Waals surface area contributed by atoms with Gasteiger partial charge in [0.1, 0.15) is 85.4 Å². The number of ketones is 2. The number of amides is 1. The third-order valence-electron chi connectivity index (χ3n) is 19.9. The van der Waals surface area contributed by atoms with Crippen molar-refractivity contribution >= 4 is 83.4 Å². The Labute approximate surface area is 683 Å². The van der Waals surface area contributed by atoms with Crippen molar-refractivity contribution in [2.45, 2.75) is 195 Å². The molecule has 0 saturated carbocycles. The number of hydrogen-bond donors (Lipinski definition) is 15. The molecule has 5 fully saturated rings. The molecular weight excluding hydrogens is 1640 g/mol.